The Balaban J connectivity index is 1.46. The van der Waals surface area contributed by atoms with E-state index in [2.05, 4.69) is 36.0 Å². The number of nitrogens with one attached hydrogen (secondary N) is 2. The third-order valence-corrected chi connectivity index (χ3v) is 3.85. The molecule has 0 bridgehead atoms. The maximum Gasteiger partial charge on any atom is 0.273 e. The quantitative estimate of drug-likeness (QED) is 0.667. The Bertz CT molecular complexity index is 661. The highest BCUT2D eigenvalue weighted by molar-refractivity contribution is 5.91. The summed E-state index contributed by atoms with van der Waals surface area (Å²) in [6.45, 7) is 7.84. The van der Waals surface area contributed by atoms with Gasteiger partial charge in [0.25, 0.3) is 5.91 Å². The minimum atomic E-state index is -0.300. The van der Waals surface area contributed by atoms with E-state index >= 15 is 0 Å². The van der Waals surface area contributed by atoms with Gasteiger partial charge in [0.1, 0.15) is 0 Å². The Kier molecular flexibility index (Phi) is 5.49. The van der Waals surface area contributed by atoms with E-state index < -0.39 is 0 Å². The van der Waals surface area contributed by atoms with Gasteiger partial charge in [0.15, 0.2) is 11.5 Å². The Hall–Kier alpha value is -2.33. The van der Waals surface area contributed by atoms with Crippen molar-refractivity contribution in [2.24, 2.45) is 0 Å². The van der Waals surface area contributed by atoms with Crippen molar-refractivity contribution in [3.63, 3.8) is 0 Å². The molecule has 1 fully saturated rings. The first-order valence-electron chi connectivity index (χ1n) is 8.17. The van der Waals surface area contributed by atoms with Gasteiger partial charge >= 0.3 is 0 Å². The van der Waals surface area contributed by atoms with Crippen molar-refractivity contribution in [3.8, 4) is 0 Å². The van der Waals surface area contributed by atoms with Gasteiger partial charge in [0, 0.05) is 39.1 Å². The second-order valence-corrected chi connectivity index (χ2v) is 5.60. The lowest BCUT2D eigenvalue weighted by Crippen LogP contribution is -2.44. The average Bonchev–Trinajstić information content (AvgIpc) is 3.28. The van der Waals surface area contributed by atoms with Crippen molar-refractivity contribution in [1.29, 1.82) is 0 Å². The molecule has 2 aromatic rings. The molecule has 0 aromatic carbocycles. The molecule has 0 aliphatic carbocycles. The summed E-state index contributed by atoms with van der Waals surface area (Å²) in [4.78, 5) is 18.6. The lowest BCUT2D eigenvalue weighted by Gasteiger charge is -2.26. The molecule has 0 atom stereocenters. The summed E-state index contributed by atoms with van der Waals surface area (Å²) in [7, 11) is 0. The van der Waals surface area contributed by atoms with Crippen molar-refractivity contribution in [2.45, 2.75) is 26.4 Å². The molecule has 24 heavy (non-hydrogen) atoms. The highest BCUT2D eigenvalue weighted by Crippen LogP contribution is 2.00. The summed E-state index contributed by atoms with van der Waals surface area (Å²) in [5.41, 5.74) is 0.287. The van der Waals surface area contributed by atoms with Crippen molar-refractivity contribution < 1.29 is 9.32 Å². The fraction of sp³-hybridized carbons (Fsp3) is 0.643. The molecule has 1 aliphatic heterocycles. The SMILES string of the molecule is CCc1nc(CNC(=O)c2cn(CCN3CCNCC3)nn2)no1. The summed E-state index contributed by atoms with van der Waals surface area (Å²) in [5.74, 6) is 0.704. The number of aryl methyl sites for hydroxylation is 1. The summed E-state index contributed by atoms with van der Waals surface area (Å²) in [6, 6.07) is 0. The Morgan fingerprint density at radius 1 is 1.38 bits per heavy atom. The standard InChI is InChI=1S/C14H22N8O2/c1-2-13-17-12(19-24-13)9-16-14(23)11-10-22(20-18-11)8-7-21-5-3-15-4-6-21/h10,15H,2-9H2,1H3,(H,16,23). The summed E-state index contributed by atoms with van der Waals surface area (Å²) in [6.07, 6.45) is 2.33. The zero-order valence-electron chi connectivity index (χ0n) is 13.7. The van der Waals surface area contributed by atoms with E-state index in [0.717, 1.165) is 32.7 Å². The molecule has 2 aromatic heterocycles. The third-order valence-electron chi connectivity index (χ3n) is 3.85. The van der Waals surface area contributed by atoms with Gasteiger partial charge in [0.05, 0.1) is 19.3 Å². The van der Waals surface area contributed by atoms with Crippen LogP contribution in [0.4, 0.5) is 0 Å². The van der Waals surface area contributed by atoms with Crippen LogP contribution in [0.3, 0.4) is 0 Å². The fourth-order valence-corrected chi connectivity index (χ4v) is 2.45. The van der Waals surface area contributed by atoms with Crippen LogP contribution in [0.2, 0.25) is 0 Å². The number of aromatic nitrogens is 5. The van der Waals surface area contributed by atoms with Crippen molar-refractivity contribution >= 4 is 5.91 Å². The van der Waals surface area contributed by atoms with Crippen LogP contribution in [-0.2, 0) is 19.5 Å². The normalized spacial score (nSPS) is 15.5. The molecule has 0 radical (unpaired) electrons. The molecule has 10 nitrogen and oxygen atoms in total. The van der Waals surface area contributed by atoms with Crippen LogP contribution in [0, 0.1) is 0 Å². The van der Waals surface area contributed by atoms with Crippen LogP contribution in [0.1, 0.15) is 29.1 Å². The Morgan fingerprint density at radius 2 is 2.21 bits per heavy atom. The highest BCUT2D eigenvalue weighted by atomic mass is 16.5. The molecule has 10 heteroatoms. The smallest absolute Gasteiger partial charge is 0.273 e. The maximum absolute atomic E-state index is 12.1. The molecule has 0 spiro atoms. The van der Waals surface area contributed by atoms with E-state index in [1.54, 1.807) is 10.9 Å². The minimum Gasteiger partial charge on any atom is -0.343 e. The van der Waals surface area contributed by atoms with E-state index in [9.17, 15) is 4.79 Å². The van der Waals surface area contributed by atoms with Gasteiger partial charge in [0.2, 0.25) is 5.89 Å². The Labute approximate surface area is 139 Å². The summed E-state index contributed by atoms with van der Waals surface area (Å²) >= 11 is 0. The molecule has 2 N–H and O–H groups in total. The molecule has 1 amide bonds. The van der Waals surface area contributed by atoms with Crippen LogP contribution in [-0.4, -0.2) is 68.7 Å². The second kappa shape index (κ2) is 7.97. The van der Waals surface area contributed by atoms with Crippen LogP contribution in [0.5, 0.6) is 0 Å². The van der Waals surface area contributed by atoms with Crippen LogP contribution in [0.25, 0.3) is 0 Å². The van der Waals surface area contributed by atoms with Gasteiger partial charge in [-0.15, -0.1) is 5.10 Å². The topological polar surface area (TPSA) is 114 Å². The van der Waals surface area contributed by atoms with E-state index in [1.165, 1.54) is 0 Å². The first-order valence-corrected chi connectivity index (χ1v) is 8.17. The number of hydrogen-bond donors (Lipinski definition) is 2. The van der Waals surface area contributed by atoms with Crippen molar-refractivity contribution in [2.75, 3.05) is 32.7 Å². The molecule has 3 rings (SSSR count). The van der Waals surface area contributed by atoms with Crippen LogP contribution >= 0.6 is 0 Å². The van der Waals surface area contributed by atoms with E-state index in [-0.39, 0.29) is 18.1 Å². The average molecular weight is 334 g/mol. The number of nitrogens with zero attached hydrogens (tertiary/aromatic N) is 6. The van der Waals surface area contributed by atoms with E-state index in [0.29, 0.717) is 24.7 Å². The van der Waals surface area contributed by atoms with Gasteiger partial charge in [-0.1, -0.05) is 17.3 Å². The third kappa shape index (κ3) is 4.36. The number of amides is 1. The van der Waals surface area contributed by atoms with E-state index in [1.807, 2.05) is 6.92 Å². The molecular weight excluding hydrogens is 312 g/mol. The van der Waals surface area contributed by atoms with Crippen LogP contribution < -0.4 is 10.6 Å². The lowest BCUT2D eigenvalue weighted by molar-refractivity contribution is 0.0944. The van der Waals surface area contributed by atoms with Crippen LogP contribution in [0.15, 0.2) is 10.7 Å². The Morgan fingerprint density at radius 3 is 2.96 bits per heavy atom. The zero-order valence-corrected chi connectivity index (χ0v) is 13.7. The van der Waals surface area contributed by atoms with Gasteiger partial charge in [-0.2, -0.15) is 4.98 Å². The maximum atomic E-state index is 12.1. The summed E-state index contributed by atoms with van der Waals surface area (Å²) < 4.78 is 6.69. The zero-order chi connectivity index (χ0) is 16.8. The monoisotopic (exact) mass is 334 g/mol. The van der Waals surface area contributed by atoms with Gasteiger partial charge in [-0.3, -0.25) is 14.4 Å². The fourth-order valence-electron chi connectivity index (χ4n) is 2.45. The van der Waals surface area contributed by atoms with Gasteiger partial charge in [-0.05, 0) is 0 Å². The summed E-state index contributed by atoms with van der Waals surface area (Å²) in [5, 5.41) is 17.7. The lowest BCUT2D eigenvalue weighted by atomic mass is 10.3. The molecule has 3 heterocycles. The van der Waals surface area contributed by atoms with Gasteiger partial charge < -0.3 is 15.2 Å². The molecule has 1 aliphatic rings. The number of hydrogen-bond acceptors (Lipinski definition) is 8. The van der Waals surface area contributed by atoms with Gasteiger partial charge in [-0.25, -0.2) is 0 Å². The first kappa shape index (κ1) is 16.5. The predicted octanol–water partition coefficient (Wildman–Crippen LogP) is -0.941. The number of carbonyl (C=O) groups excluding carboxylic acids is 1. The largest absolute Gasteiger partial charge is 0.343 e. The van der Waals surface area contributed by atoms with E-state index in [4.69, 9.17) is 4.52 Å². The van der Waals surface area contributed by atoms with Crippen molar-refractivity contribution in [3.05, 3.63) is 23.6 Å². The first-order chi connectivity index (χ1) is 11.7. The van der Waals surface area contributed by atoms with Crippen molar-refractivity contribution in [1.82, 2.24) is 40.7 Å². The number of rotatable bonds is 7. The molecule has 1 saturated heterocycles. The number of carbonyl (C=O) groups is 1. The minimum absolute atomic E-state index is 0.204. The molecular formula is C14H22N8O2. The molecule has 0 saturated carbocycles. The molecule has 0 unspecified atom stereocenters. The highest BCUT2D eigenvalue weighted by Gasteiger charge is 2.14. The second-order valence-electron chi connectivity index (χ2n) is 5.60. The predicted molar refractivity (Wildman–Crippen MR) is 84.2 cm³/mol. The molecule has 130 valence electrons. The number of piperazine rings is 1.